The topological polar surface area (TPSA) is 85.3 Å². The summed E-state index contributed by atoms with van der Waals surface area (Å²) >= 11 is 0. The Bertz CT molecular complexity index is 1340. The van der Waals surface area contributed by atoms with E-state index in [1.54, 1.807) is 73.8 Å². The van der Waals surface area contributed by atoms with Gasteiger partial charge in [-0.05, 0) is 85.5 Å². The molecule has 1 saturated heterocycles. The highest BCUT2D eigenvalue weighted by atomic mass is 16.5. The number of methoxy groups -OCH3 is 1. The third kappa shape index (κ3) is 5.37. The van der Waals surface area contributed by atoms with E-state index in [-0.39, 0.29) is 11.3 Å². The number of aryl methyl sites for hydroxylation is 1. The van der Waals surface area contributed by atoms with Gasteiger partial charge in [0.15, 0.2) is 0 Å². The lowest BCUT2D eigenvalue weighted by atomic mass is 9.94. The molecule has 7 heteroatoms. The smallest absolute Gasteiger partial charge is 0.300 e. The van der Waals surface area contributed by atoms with E-state index in [1.165, 1.54) is 4.90 Å². The van der Waals surface area contributed by atoms with E-state index in [0.717, 1.165) is 5.56 Å². The fourth-order valence-corrected chi connectivity index (χ4v) is 4.44. The van der Waals surface area contributed by atoms with Crippen LogP contribution in [-0.4, -0.2) is 37.1 Å². The van der Waals surface area contributed by atoms with Gasteiger partial charge >= 0.3 is 0 Å². The maximum absolute atomic E-state index is 13.4. The van der Waals surface area contributed by atoms with Crippen LogP contribution in [0.2, 0.25) is 0 Å². The summed E-state index contributed by atoms with van der Waals surface area (Å²) in [4.78, 5) is 28.3. The van der Waals surface area contributed by atoms with Crippen LogP contribution in [-0.2, 0) is 9.59 Å². The molecule has 7 nitrogen and oxygen atoms in total. The zero-order valence-electron chi connectivity index (χ0n) is 22.4. The maximum atomic E-state index is 13.4. The summed E-state index contributed by atoms with van der Waals surface area (Å²) in [5, 5.41) is 11.4. The quantitative estimate of drug-likeness (QED) is 0.212. The van der Waals surface area contributed by atoms with Gasteiger partial charge in [0.1, 0.15) is 23.0 Å². The standard InChI is InChI=1S/C31H33NO6/c1-6-37-26-16-9-22(17-20(26)4)29(33)27-28(21-7-12-24(36-5)13-8-21)32(31(35)30(27)34)23-10-14-25(15-11-23)38-18-19(2)3/h7-17,19,28,33H,6,18H2,1-5H3/b29-27-. The van der Waals surface area contributed by atoms with Crippen molar-refractivity contribution in [2.24, 2.45) is 5.92 Å². The van der Waals surface area contributed by atoms with Crippen LogP contribution in [0.5, 0.6) is 17.2 Å². The molecule has 1 heterocycles. The van der Waals surface area contributed by atoms with E-state index in [0.29, 0.717) is 53.2 Å². The van der Waals surface area contributed by atoms with Crippen LogP contribution in [0, 0.1) is 12.8 Å². The van der Waals surface area contributed by atoms with Crippen molar-refractivity contribution >= 4 is 23.1 Å². The van der Waals surface area contributed by atoms with Crippen LogP contribution >= 0.6 is 0 Å². The van der Waals surface area contributed by atoms with E-state index in [9.17, 15) is 14.7 Å². The Hall–Kier alpha value is -4.26. The first kappa shape index (κ1) is 26.8. The summed E-state index contributed by atoms with van der Waals surface area (Å²) in [5.41, 5.74) is 2.44. The van der Waals surface area contributed by atoms with Crippen LogP contribution in [0.3, 0.4) is 0 Å². The van der Waals surface area contributed by atoms with Crippen LogP contribution in [0.25, 0.3) is 5.76 Å². The number of hydrogen-bond donors (Lipinski definition) is 1. The van der Waals surface area contributed by atoms with Gasteiger partial charge in [0.05, 0.1) is 31.9 Å². The average Bonchev–Trinajstić information content (AvgIpc) is 3.18. The molecule has 0 aliphatic carbocycles. The number of ether oxygens (including phenoxy) is 3. The summed E-state index contributed by atoms with van der Waals surface area (Å²) in [6.45, 7) is 8.97. The highest BCUT2D eigenvalue weighted by Crippen LogP contribution is 2.43. The second-order valence-corrected chi connectivity index (χ2v) is 9.55. The lowest BCUT2D eigenvalue weighted by Gasteiger charge is -2.26. The molecular weight excluding hydrogens is 482 g/mol. The summed E-state index contributed by atoms with van der Waals surface area (Å²) in [5.74, 6) is 0.657. The first-order chi connectivity index (χ1) is 18.2. The fourth-order valence-electron chi connectivity index (χ4n) is 4.44. The number of nitrogens with zero attached hydrogens (tertiary/aromatic N) is 1. The largest absolute Gasteiger partial charge is 0.507 e. The molecule has 0 spiro atoms. The molecule has 1 aliphatic rings. The average molecular weight is 516 g/mol. The Morgan fingerprint density at radius 1 is 0.947 bits per heavy atom. The number of carbonyl (C=O) groups is 2. The van der Waals surface area contributed by atoms with Crippen molar-refractivity contribution in [3.05, 3.63) is 89.0 Å². The van der Waals surface area contributed by atoms with Gasteiger partial charge in [-0.2, -0.15) is 0 Å². The predicted octanol–water partition coefficient (Wildman–Crippen LogP) is 6.06. The Balaban J connectivity index is 1.82. The van der Waals surface area contributed by atoms with Gasteiger partial charge < -0.3 is 19.3 Å². The molecule has 198 valence electrons. The Kier molecular flexibility index (Phi) is 8.05. The van der Waals surface area contributed by atoms with Crippen LogP contribution < -0.4 is 19.1 Å². The molecule has 38 heavy (non-hydrogen) atoms. The molecular formula is C31H33NO6. The van der Waals surface area contributed by atoms with Crippen molar-refractivity contribution in [2.45, 2.75) is 33.7 Å². The molecule has 0 aromatic heterocycles. The molecule has 1 fully saturated rings. The summed E-state index contributed by atoms with van der Waals surface area (Å²) < 4.78 is 16.7. The van der Waals surface area contributed by atoms with Crippen molar-refractivity contribution in [1.82, 2.24) is 0 Å². The number of aliphatic hydroxyl groups is 1. The number of ketones is 1. The number of carbonyl (C=O) groups excluding carboxylic acids is 2. The monoisotopic (exact) mass is 515 g/mol. The first-order valence-electron chi connectivity index (χ1n) is 12.7. The highest BCUT2D eigenvalue weighted by molar-refractivity contribution is 6.51. The first-order valence-corrected chi connectivity index (χ1v) is 12.7. The minimum Gasteiger partial charge on any atom is -0.507 e. The number of rotatable bonds is 9. The van der Waals surface area contributed by atoms with Crippen molar-refractivity contribution < 1.29 is 28.9 Å². The van der Waals surface area contributed by atoms with E-state index in [2.05, 4.69) is 13.8 Å². The second kappa shape index (κ2) is 11.4. The molecule has 0 saturated carbocycles. The molecule has 4 rings (SSSR count). The SMILES string of the molecule is CCOc1ccc(/C(O)=C2/C(=O)C(=O)N(c3ccc(OCC(C)C)cc3)C2c2ccc(OC)cc2)cc1C. The number of anilines is 1. The lowest BCUT2D eigenvalue weighted by Crippen LogP contribution is -2.29. The van der Waals surface area contributed by atoms with Gasteiger partial charge in [-0.3, -0.25) is 14.5 Å². The summed E-state index contributed by atoms with van der Waals surface area (Å²) in [7, 11) is 1.57. The van der Waals surface area contributed by atoms with Crippen LogP contribution in [0.15, 0.2) is 72.3 Å². The zero-order chi connectivity index (χ0) is 27.4. The third-order valence-corrected chi connectivity index (χ3v) is 6.32. The van der Waals surface area contributed by atoms with Crippen LogP contribution in [0.1, 0.15) is 43.5 Å². The molecule has 1 atom stereocenters. The van der Waals surface area contributed by atoms with Gasteiger partial charge in [-0.15, -0.1) is 0 Å². The molecule has 0 bridgehead atoms. The lowest BCUT2D eigenvalue weighted by molar-refractivity contribution is -0.132. The van der Waals surface area contributed by atoms with E-state index in [1.807, 2.05) is 13.8 Å². The number of hydrogen-bond acceptors (Lipinski definition) is 6. The molecule has 1 amide bonds. The van der Waals surface area contributed by atoms with Crippen molar-refractivity contribution in [2.75, 3.05) is 25.2 Å². The van der Waals surface area contributed by atoms with E-state index in [4.69, 9.17) is 14.2 Å². The van der Waals surface area contributed by atoms with Gasteiger partial charge in [-0.25, -0.2) is 0 Å². The number of Topliss-reactive ketones (excluding diaryl/α,β-unsaturated/α-hetero) is 1. The maximum Gasteiger partial charge on any atom is 0.300 e. The van der Waals surface area contributed by atoms with Crippen molar-refractivity contribution in [3.63, 3.8) is 0 Å². The third-order valence-electron chi connectivity index (χ3n) is 6.32. The fraction of sp³-hybridized carbons (Fsp3) is 0.290. The normalized spacial score (nSPS) is 16.7. The zero-order valence-corrected chi connectivity index (χ0v) is 22.4. The molecule has 3 aromatic rings. The van der Waals surface area contributed by atoms with Gasteiger partial charge in [0, 0.05) is 11.3 Å². The molecule has 1 aliphatic heterocycles. The number of amides is 1. The van der Waals surface area contributed by atoms with Crippen molar-refractivity contribution in [3.8, 4) is 17.2 Å². The second-order valence-electron chi connectivity index (χ2n) is 9.55. The summed E-state index contributed by atoms with van der Waals surface area (Å²) in [6, 6.07) is 18.5. The summed E-state index contributed by atoms with van der Waals surface area (Å²) in [6.07, 6.45) is 0. The number of aliphatic hydroxyl groups excluding tert-OH is 1. The Labute approximate surface area is 223 Å². The van der Waals surface area contributed by atoms with Gasteiger partial charge in [0.2, 0.25) is 0 Å². The van der Waals surface area contributed by atoms with Crippen molar-refractivity contribution in [1.29, 1.82) is 0 Å². The number of benzene rings is 3. The molecule has 1 N–H and O–H groups in total. The molecule has 1 unspecified atom stereocenters. The molecule has 3 aromatic carbocycles. The Morgan fingerprint density at radius 2 is 1.61 bits per heavy atom. The van der Waals surface area contributed by atoms with Gasteiger partial charge in [-0.1, -0.05) is 26.0 Å². The predicted molar refractivity (Wildman–Crippen MR) is 147 cm³/mol. The minimum atomic E-state index is -0.838. The van der Waals surface area contributed by atoms with E-state index >= 15 is 0 Å². The van der Waals surface area contributed by atoms with Crippen LogP contribution in [0.4, 0.5) is 5.69 Å². The Morgan fingerprint density at radius 3 is 2.18 bits per heavy atom. The van der Waals surface area contributed by atoms with E-state index < -0.39 is 17.7 Å². The van der Waals surface area contributed by atoms with Gasteiger partial charge in [0.25, 0.3) is 11.7 Å². The highest BCUT2D eigenvalue weighted by Gasteiger charge is 2.47. The minimum absolute atomic E-state index is 0.0175. The molecule has 0 radical (unpaired) electrons.